The molecule has 2 aliphatic rings. The van der Waals surface area contributed by atoms with Crippen LogP contribution in [0.2, 0.25) is 0 Å². The molecule has 1 saturated heterocycles. The molecule has 3 amide bonds. The van der Waals surface area contributed by atoms with Gasteiger partial charge in [-0.3, -0.25) is 19.2 Å². The van der Waals surface area contributed by atoms with Crippen LogP contribution in [0.5, 0.6) is 0 Å². The van der Waals surface area contributed by atoms with Crippen LogP contribution in [0.4, 0.5) is 0 Å². The fraction of sp³-hybridized carbons (Fsp3) is 0.600. The Morgan fingerprint density at radius 3 is 2.55 bits per heavy atom. The maximum absolute atomic E-state index is 13.2. The predicted octanol–water partition coefficient (Wildman–Crippen LogP) is 4.61. The summed E-state index contributed by atoms with van der Waals surface area (Å²) in [5.74, 6) is -0.0810. The molecule has 0 spiro atoms. The Morgan fingerprint density at radius 1 is 1.05 bits per heavy atom. The number of hydrogen-bond donors (Lipinski definition) is 2. The molecule has 2 aromatic rings. The molecule has 2 atom stereocenters. The highest BCUT2D eigenvalue weighted by Crippen LogP contribution is 2.27. The number of carbonyl (C=O) groups is 4. The van der Waals surface area contributed by atoms with Crippen molar-refractivity contribution in [1.29, 1.82) is 0 Å². The van der Waals surface area contributed by atoms with Crippen molar-refractivity contribution >= 4 is 34.5 Å². The Kier molecular flexibility index (Phi) is 9.58. The van der Waals surface area contributed by atoms with E-state index < -0.39 is 23.9 Å². The van der Waals surface area contributed by atoms with Gasteiger partial charge in [0, 0.05) is 18.4 Å². The molecule has 2 N–H and O–H groups in total. The number of ketones is 1. The average molecular weight is 524 g/mol. The predicted molar refractivity (Wildman–Crippen MR) is 145 cm³/mol. The third kappa shape index (κ3) is 7.45. The number of carbonyl (C=O) groups excluding carboxylic acids is 4. The van der Waals surface area contributed by atoms with E-state index in [1.165, 1.54) is 32.1 Å². The molecule has 4 rings (SSSR count). The second kappa shape index (κ2) is 13.1. The first-order chi connectivity index (χ1) is 18.3. The summed E-state index contributed by atoms with van der Waals surface area (Å²) < 4.78 is 5.66. The van der Waals surface area contributed by atoms with Crippen LogP contribution in [-0.4, -0.2) is 53.6 Å². The van der Waals surface area contributed by atoms with Crippen molar-refractivity contribution in [1.82, 2.24) is 15.5 Å². The van der Waals surface area contributed by atoms with E-state index >= 15 is 0 Å². The number of nitrogens with one attached hydrogen (secondary N) is 2. The average Bonchev–Trinajstić information content (AvgIpc) is 3.26. The molecule has 0 bridgehead atoms. The van der Waals surface area contributed by atoms with E-state index in [4.69, 9.17) is 4.42 Å². The number of furan rings is 1. The molecular formula is C30H41N3O5. The van der Waals surface area contributed by atoms with Gasteiger partial charge in [0.25, 0.3) is 5.91 Å². The molecule has 1 aromatic heterocycles. The SMILES string of the molecule is CC(C)C[C@H](NC(=O)c1cc2ccccc2o1)C(=O)NC1CCCN(C(=O)CCC2CCCCC2)CC1=O. The van der Waals surface area contributed by atoms with Gasteiger partial charge in [0.15, 0.2) is 11.5 Å². The van der Waals surface area contributed by atoms with Crippen LogP contribution in [0.3, 0.4) is 0 Å². The summed E-state index contributed by atoms with van der Waals surface area (Å²) in [5, 5.41) is 6.48. The zero-order valence-electron chi connectivity index (χ0n) is 22.7. The molecule has 8 heteroatoms. The maximum atomic E-state index is 13.2. The highest BCUT2D eigenvalue weighted by molar-refractivity contribution is 5.99. The number of hydrogen-bond acceptors (Lipinski definition) is 5. The Bertz CT molecular complexity index is 1100. The molecule has 38 heavy (non-hydrogen) atoms. The van der Waals surface area contributed by atoms with Gasteiger partial charge in [-0.15, -0.1) is 0 Å². The number of Topliss-reactive ketones (excluding diaryl/α,β-unsaturated/α-hetero) is 1. The van der Waals surface area contributed by atoms with Gasteiger partial charge in [-0.1, -0.05) is 64.2 Å². The van der Waals surface area contributed by atoms with Crippen molar-refractivity contribution in [3.63, 3.8) is 0 Å². The third-order valence-electron chi connectivity index (χ3n) is 7.79. The standard InChI is InChI=1S/C30H41N3O5/c1-20(2)17-24(32-30(37)27-18-22-11-6-7-13-26(22)38-27)29(36)31-23-12-8-16-33(19-25(23)34)28(35)15-14-21-9-4-3-5-10-21/h6-7,11,13,18,20-21,23-24H,3-5,8-10,12,14-17,19H2,1-2H3,(H,31,36)(H,32,37)/t23?,24-/m0/s1. The van der Waals surface area contributed by atoms with Gasteiger partial charge < -0.3 is 20.0 Å². The first-order valence-corrected chi connectivity index (χ1v) is 14.2. The van der Waals surface area contributed by atoms with Gasteiger partial charge in [-0.05, 0) is 49.7 Å². The van der Waals surface area contributed by atoms with Gasteiger partial charge >= 0.3 is 0 Å². The molecular weight excluding hydrogens is 482 g/mol. The van der Waals surface area contributed by atoms with Gasteiger partial charge in [-0.25, -0.2) is 0 Å². The van der Waals surface area contributed by atoms with Gasteiger partial charge in [0.05, 0.1) is 12.6 Å². The van der Waals surface area contributed by atoms with Crippen LogP contribution >= 0.6 is 0 Å². The van der Waals surface area contributed by atoms with E-state index in [0.717, 1.165) is 11.8 Å². The van der Waals surface area contributed by atoms with Crippen LogP contribution in [0.15, 0.2) is 34.7 Å². The maximum Gasteiger partial charge on any atom is 0.287 e. The Labute approximate surface area is 224 Å². The molecule has 1 aliphatic carbocycles. The summed E-state index contributed by atoms with van der Waals surface area (Å²) in [7, 11) is 0. The lowest BCUT2D eigenvalue weighted by molar-refractivity contribution is -0.136. The summed E-state index contributed by atoms with van der Waals surface area (Å²) in [6.45, 7) is 4.50. The number of nitrogens with zero attached hydrogens (tertiary/aromatic N) is 1. The van der Waals surface area contributed by atoms with E-state index in [0.29, 0.717) is 43.7 Å². The van der Waals surface area contributed by atoms with Gasteiger partial charge in [0.1, 0.15) is 11.6 Å². The number of rotatable bonds is 9. The minimum absolute atomic E-state index is 0.0225. The zero-order chi connectivity index (χ0) is 27.1. The van der Waals surface area contributed by atoms with Crippen LogP contribution in [-0.2, 0) is 14.4 Å². The topological polar surface area (TPSA) is 109 Å². The fourth-order valence-electron chi connectivity index (χ4n) is 5.65. The van der Waals surface area contributed by atoms with Crippen molar-refractivity contribution in [2.24, 2.45) is 11.8 Å². The van der Waals surface area contributed by atoms with Crippen molar-refractivity contribution < 1.29 is 23.6 Å². The normalized spacial score (nSPS) is 19.8. The molecule has 1 saturated carbocycles. The number of likely N-dealkylation sites (tertiary alicyclic amines) is 1. The summed E-state index contributed by atoms with van der Waals surface area (Å²) in [5.41, 5.74) is 0.601. The lowest BCUT2D eigenvalue weighted by Crippen LogP contribution is -2.52. The molecule has 1 unspecified atom stereocenters. The molecule has 0 radical (unpaired) electrons. The summed E-state index contributed by atoms with van der Waals surface area (Å²) in [4.78, 5) is 53.7. The monoisotopic (exact) mass is 523 g/mol. The lowest BCUT2D eigenvalue weighted by Gasteiger charge is -2.24. The molecule has 206 valence electrons. The highest BCUT2D eigenvalue weighted by atomic mass is 16.3. The largest absolute Gasteiger partial charge is 0.451 e. The number of para-hydroxylation sites is 1. The smallest absolute Gasteiger partial charge is 0.287 e. The number of fused-ring (bicyclic) bond motifs is 1. The van der Waals surface area contributed by atoms with E-state index in [2.05, 4.69) is 10.6 Å². The van der Waals surface area contributed by atoms with Crippen LogP contribution < -0.4 is 10.6 Å². The third-order valence-corrected chi connectivity index (χ3v) is 7.79. The van der Waals surface area contributed by atoms with E-state index in [1.807, 2.05) is 32.0 Å². The van der Waals surface area contributed by atoms with Gasteiger partial charge in [0.2, 0.25) is 11.8 Å². The van der Waals surface area contributed by atoms with Crippen LogP contribution in [0.25, 0.3) is 11.0 Å². The van der Waals surface area contributed by atoms with Crippen LogP contribution in [0, 0.1) is 11.8 Å². The van der Waals surface area contributed by atoms with Crippen LogP contribution in [0.1, 0.15) is 88.6 Å². The Hall–Kier alpha value is -3.16. The van der Waals surface area contributed by atoms with E-state index in [-0.39, 0.29) is 29.9 Å². The van der Waals surface area contributed by atoms with E-state index in [1.54, 1.807) is 17.0 Å². The first-order valence-electron chi connectivity index (χ1n) is 14.2. The second-order valence-electron chi connectivity index (χ2n) is 11.3. The van der Waals surface area contributed by atoms with Gasteiger partial charge in [-0.2, -0.15) is 0 Å². The molecule has 1 aromatic carbocycles. The lowest BCUT2D eigenvalue weighted by atomic mass is 9.86. The Balaban J connectivity index is 1.33. The van der Waals surface area contributed by atoms with Crippen molar-refractivity contribution in [2.45, 2.75) is 90.1 Å². The first kappa shape index (κ1) is 27.9. The van der Waals surface area contributed by atoms with Crippen molar-refractivity contribution in [3.05, 3.63) is 36.1 Å². The minimum atomic E-state index is -0.806. The summed E-state index contributed by atoms with van der Waals surface area (Å²) in [6, 6.07) is 7.52. The quantitative estimate of drug-likeness (QED) is 0.499. The zero-order valence-corrected chi connectivity index (χ0v) is 22.7. The summed E-state index contributed by atoms with van der Waals surface area (Å²) >= 11 is 0. The van der Waals surface area contributed by atoms with Crippen molar-refractivity contribution in [2.75, 3.05) is 13.1 Å². The minimum Gasteiger partial charge on any atom is -0.451 e. The van der Waals surface area contributed by atoms with Crippen molar-refractivity contribution in [3.8, 4) is 0 Å². The second-order valence-corrected chi connectivity index (χ2v) is 11.3. The molecule has 2 heterocycles. The molecule has 2 fully saturated rings. The Morgan fingerprint density at radius 2 is 1.82 bits per heavy atom. The fourth-order valence-corrected chi connectivity index (χ4v) is 5.65. The summed E-state index contributed by atoms with van der Waals surface area (Å²) in [6.07, 6.45) is 9.11. The highest BCUT2D eigenvalue weighted by Gasteiger charge is 2.31. The molecule has 1 aliphatic heterocycles. The molecule has 8 nitrogen and oxygen atoms in total. The van der Waals surface area contributed by atoms with E-state index in [9.17, 15) is 19.2 Å². The number of benzene rings is 1. The number of amides is 3.